The van der Waals surface area contributed by atoms with Crippen LogP contribution in [0, 0.1) is 13.8 Å². The van der Waals surface area contributed by atoms with Crippen LogP contribution in [0.1, 0.15) is 37.7 Å². The Morgan fingerprint density at radius 1 is 0.846 bits per heavy atom. The maximum absolute atomic E-state index is 5.65. The maximum atomic E-state index is 5.65. The van der Waals surface area contributed by atoms with Gasteiger partial charge < -0.3 is 9.47 Å². The minimum atomic E-state index is 0.149. The smallest absolute Gasteiger partial charge is 0.211 e. The molecule has 3 rings (SSSR count). The van der Waals surface area contributed by atoms with Gasteiger partial charge in [0.25, 0.3) is 0 Å². The second-order valence-electron chi connectivity index (χ2n) is 7.80. The Kier molecular flexibility index (Phi) is 4.66. The third kappa shape index (κ3) is 3.14. The van der Waals surface area contributed by atoms with E-state index in [2.05, 4.69) is 75.6 Å². The number of ether oxygens (including phenoxy) is 2. The van der Waals surface area contributed by atoms with Gasteiger partial charge in [-0.25, -0.2) is 0 Å². The number of rotatable bonds is 3. The van der Waals surface area contributed by atoms with Crippen molar-refractivity contribution in [1.29, 1.82) is 0 Å². The molecule has 0 bridgehead atoms. The molecular weight excluding hydrogens is 322 g/mol. The summed E-state index contributed by atoms with van der Waals surface area (Å²) in [6, 6.07) is 15.0. The molecule has 0 aliphatic rings. The lowest BCUT2D eigenvalue weighted by Gasteiger charge is -2.18. The standard InChI is InChI=1S/C23H28NO2/c1-15-12-17-13-20(25-6)14-21(26-7)22(17)16(2)24(15)19-10-8-18(9-11-19)23(3,4)5/h8-14H,1-7H3/q+1. The topological polar surface area (TPSA) is 22.3 Å². The summed E-state index contributed by atoms with van der Waals surface area (Å²) in [6.45, 7) is 11.0. The molecule has 1 heterocycles. The van der Waals surface area contributed by atoms with Crippen LogP contribution >= 0.6 is 0 Å². The molecule has 0 N–H and O–H groups in total. The molecule has 3 aromatic rings. The lowest BCUT2D eigenvalue weighted by Crippen LogP contribution is -2.38. The second kappa shape index (κ2) is 6.64. The zero-order valence-electron chi connectivity index (χ0n) is 16.8. The average molecular weight is 350 g/mol. The van der Waals surface area contributed by atoms with Crippen LogP contribution in [0.5, 0.6) is 11.5 Å². The van der Waals surface area contributed by atoms with Crippen LogP contribution < -0.4 is 14.0 Å². The van der Waals surface area contributed by atoms with Gasteiger partial charge in [0.1, 0.15) is 11.5 Å². The van der Waals surface area contributed by atoms with E-state index in [0.717, 1.165) is 33.7 Å². The number of hydrogen-bond acceptors (Lipinski definition) is 2. The first-order valence-corrected chi connectivity index (χ1v) is 8.95. The van der Waals surface area contributed by atoms with Crippen LogP contribution in [0.25, 0.3) is 16.5 Å². The zero-order chi connectivity index (χ0) is 19.1. The van der Waals surface area contributed by atoms with Gasteiger partial charge in [0.05, 0.1) is 19.6 Å². The van der Waals surface area contributed by atoms with Gasteiger partial charge in [-0.1, -0.05) is 32.9 Å². The van der Waals surface area contributed by atoms with E-state index in [4.69, 9.17) is 9.47 Å². The van der Waals surface area contributed by atoms with Gasteiger partial charge in [0, 0.05) is 43.5 Å². The van der Waals surface area contributed by atoms with E-state index in [1.54, 1.807) is 14.2 Å². The Labute approximate surface area is 156 Å². The Balaban J connectivity index is 2.24. The number of aromatic nitrogens is 1. The number of aryl methyl sites for hydroxylation is 2. The monoisotopic (exact) mass is 350 g/mol. The molecule has 0 saturated heterocycles. The summed E-state index contributed by atoms with van der Waals surface area (Å²) in [5.74, 6) is 1.64. The minimum Gasteiger partial charge on any atom is -0.497 e. The molecule has 0 atom stereocenters. The Morgan fingerprint density at radius 3 is 2.04 bits per heavy atom. The van der Waals surface area contributed by atoms with Gasteiger partial charge in [-0.15, -0.1) is 0 Å². The molecular formula is C23H28NO2+. The molecule has 136 valence electrons. The van der Waals surface area contributed by atoms with Crippen LogP contribution in [0.4, 0.5) is 0 Å². The molecule has 0 saturated carbocycles. The molecule has 0 spiro atoms. The van der Waals surface area contributed by atoms with E-state index < -0.39 is 0 Å². The Bertz CT molecular complexity index is 951. The Morgan fingerprint density at radius 2 is 1.50 bits per heavy atom. The van der Waals surface area contributed by atoms with Gasteiger partial charge in [-0.3, -0.25) is 0 Å². The fourth-order valence-electron chi connectivity index (χ4n) is 3.56. The average Bonchev–Trinajstić information content (AvgIpc) is 2.60. The van der Waals surface area contributed by atoms with E-state index in [0.29, 0.717) is 0 Å². The number of hydrogen-bond donors (Lipinski definition) is 0. The van der Waals surface area contributed by atoms with Crippen LogP contribution in [0.3, 0.4) is 0 Å². The second-order valence-corrected chi connectivity index (χ2v) is 7.80. The van der Waals surface area contributed by atoms with Crippen molar-refractivity contribution in [3.8, 4) is 17.2 Å². The molecule has 2 aromatic carbocycles. The summed E-state index contributed by atoms with van der Waals surface area (Å²) in [7, 11) is 3.39. The lowest BCUT2D eigenvalue weighted by molar-refractivity contribution is -0.607. The third-order valence-electron chi connectivity index (χ3n) is 4.97. The molecule has 0 unspecified atom stereocenters. The summed E-state index contributed by atoms with van der Waals surface area (Å²) in [4.78, 5) is 0. The van der Waals surface area contributed by atoms with Crippen molar-refractivity contribution in [3.63, 3.8) is 0 Å². The highest BCUT2D eigenvalue weighted by Crippen LogP contribution is 2.33. The summed E-state index contributed by atoms with van der Waals surface area (Å²) in [5, 5.41) is 2.23. The van der Waals surface area contributed by atoms with Crippen molar-refractivity contribution in [2.75, 3.05) is 14.2 Å². The number of fused-ring (bicyclic) bond motifs is 1. The van der Waals surface area contributed by atoms with Crippen molar-refractivity contribution < 1.29 is 14.0 Å². The van der Waals surface area contributed by atoms with Crippen molar-refractivity contribution in [1.82, 2.24) is 0 Å². The maximum Gasteiger partial charge on any atom is 0.211 e. The third-order valence-corrected chi connectivity index (χ3v) is 4.97. The lowest BCUT2D eigenvalue weighted by atomic mass is 9.87. The first kappa shape index (κ1) is 18.2. The molecule has 0 aliphatic carbocycles. The van der Waals surface area contributed by atoms with Crippen molar-refractivity contribution >= 4 is 10.8 Å². The molecule has 0 amide bonds. The van der Waals surface area contributed by atoms with Crippen LogP contribution in [-0.4, -0.2) is 14.2 Å². The van der Waals surface area contributed by atoms with Crippen molar-refractivity contribution in [2.24, 2.45) is 0 Å². The highest BCUT2D eigenvalue weighted by molar-refractivity contribution is 5.91. The fourth-order valence-corrected chi connectivity index (χ4v) is 3.56. The minimum absolute atomic E-state index is 0.149. The zero-order valence-corrected chi connectivity index (χ0v) is 16.8. The van der Waals surface area contributed by atoms with E-state index in [1.807, 2.05) is 6.07 Å². The predicted molar refractivity (Wildman–Crippen MR) is 107 cm³/mol. The summed E-state index contributed by atoms with van der Waals surface area (Å²) >= 11 is 0. The number of methoxy groups -OCH3 is 2. The normalized spacial score (nSPS) is 11.7. The molecule has 3 heteroatoms. The first-order valence-electron chi connectivity index (χ1n) is 8.95. The van der Waals surface area contributed by atoms with Crippen LogP contribution in [0.15, 0.2) is 42.5 Å². The van der Waals surface area contributed by atoms with Gasteiger partial charge in [-0.05, 0) is 17.0 Å². The van der Waals surface area contributed by atoms with Crippen molar-refractivity contribution in [3.05, 3.63) is 59.4 Å². The summed E-state index contributed by atoms with van der Waals surface area (Å²) in [6.07, 6.45) is 0. The first-order chi connectivity index (χ1) is 12.3. The number of pyridine rings is 1. The highest BCUT2D eigenvalue weighted by atomic mass is 16.5. The van der Waals surface area contributed by atoms with Gasteiger partial charge in [-0.2, -0.15) is 4.57 Å². The quantitative estimate of drug-likeness (QED) is 0.617. The van der Waals surface area contributed by atoms with E-state index in [1.165, 1.54) is 11.3 Å². The van der Waals surface area contributed by atoms with E-state index in [9.17, 15) is 0 Å². The fraction of sp³-hybridized carbons (Fsp3) is 0.348. The summed E-state index contributed by atoms with van der Waals surface area (Å²) < 4.78 is 13.4. The van der Waals surface area contributed by atoms with E-state index in [-0.39, 0.29) is 5.41 Å². The number of nitrogens with zero attached hydrogens (tertiary/aromatic N) is 1. The highest BCUT2D eigenvalue weighted by Gasteiger charge is 2.22. The molecule has 0 aliphatic heterocycles. The molecule has 3 nitrogen and oxygen atoms in total. The predicted octanol–water partition coefficient (Wildman–Crippen LogP) is 5.05. The Hall–Kier alpha value is -2.55. The number of benzene rings is 2. The van der Waals surface area contributed by atoms with E-state index >= 15 is 0 Å². The molecule has 1 aromatic heterocycles. The largest absolute Gasteiger partial charge is 0.497 e. The van der Waals surface area contributed by atoms with Crippen LogP contribution in [-0.2, 0) is 5.41 Å². The van der Waals surface area contributed by atoms with Gasteiger partial charge in [0.2, 0.25) is 5.69 Å². The van der Waals surface area contributed by atoms with Crippen molar-refractivity contribution in [2.45, 2.75) is 40.0 Å². The van der Waals surface area contributed by atoms with Crippen LogP contribution in [0.2, 0.25) is 0 Å². The van der Waals surface area contributed by atoms with Gasteiger partial charge in [0.15, 0.2) is 11.4 Å². The SMILES string of the molecule is COc1cc(OC)c2c(C)[n+](-c3ccc(C(C)(C)C)cc3)c(C)cc2c1. The van der Waals surface area contributed by atoms with Gasteiger partial charge >= 0.3 is 0 Å². The molecule has 26 heavy (non-hydrogen) atoms. The summed E-state index contributed by atoms with van der Waals surface area (Å²) in [5.41, 5.74) is 4.97. The molecule has 0 fully saturated rings. The molecule has 0 radical (unpaired) electrons.